The summed E-state index contributed by atoms with van der Waals surface area (Å²) in [5.41, 5.74) is 1.13. The lowest BCUT2D eigenvalue weighted by Crippen LogP contribution is -2.53. The average molecular weight is 459 g/mol. The third-order valence-electron chi connectivity index (χ3n) is 6.37. The van der Waals surface area contributed by atoms with Crippen LogP contribution in [-0.2, 0) is 11.2 Å². The van der Waals surface area contributed by atoms with Crippen molar-refractivity contribution in [2.24, 2.45) is 0 Å². The molecule has 184 valence electrons. The average Bonchev–Trinajstić information content (AvgIpc) is 3.29. The third-order valence-corrected chi connectivity index (χ3v) is 6.37. The van der Waals surface area contributed by atoms with Crippen LogP contribution in [0.3, 0.4) is 0 Å². The molecule has 3 aliphatic rings. The van der Waals surface area contributed by atoms with E-state index in [0.29, 0.717) is 19.2 Å². The summed E-state index contributed by atoms with van der Waals surface area (Å²) in [4.78, 5) is 17.0. The highest BCUT2D eigenvalue weighted by Crippen LogP contribution is 2.25. The van der Waals surface area contributed by atoms with Gasteiger partial charge in [0.25, 0.3) is 0 Å². The molecule has 2 N–H and O–H groups in total. The molecule has 0 aromatic heterocycles. The molecule has 0 aromatic carbocycles. The van der Waals surface area contributed by atoms with Gasteiger partial charge in [0.15, 0.2) is 0 Å². The minimum atomic E-state index is -0.315. The lowest BCUT2D eigenvalue weighted by molar-refractivity contribution is 0.0976. The van der Waals surface area contributed by atoms with Crippen LogP contribution in [0.25, 0.3) is 11.3 Å². The van der Waals surface area contributed by atoms with E-state index in [1.807, 2.05) is 12.1 Å². The van der Waals surface area contributed by atoms with E-state index in [0.717, 1.165) is 69.3 Å². The van der Waals surface area contributed by atoms with Crippen molar-refractivity contribution in [2.75, 3.05) is 59.0 Å². The van der Waals surface area contributed by atoms with Crippen LogP contribution < -0.4 is 10.6 Å². The van der Waals surface area contributed by atoms with Gasteiger partial charge in [-0.2, -0.15) is 0 Å². The standard InChI is InChI=1S/C26H42N4O3/c1-3-5-14-29(15-6-4-2)16-13-28-26(31)32-19-18-30-17-12-27-21-23(30)20-24-11-10-22-8-7-9-25(22)33-24/h7-11,23,27H,3-6,12-21H2,1-2H3,(H,28,31). The lowest BCUT2D eigenvalue weighted by Gasteiger charge is -2.35. The summed E-state index contributed by atoms with van der Waals surface area (Å²) in [7, 11) is 0. The van der Waals surface area contributed by atoms with E-state index in [-0.39, 0.29) is 6.09 Å². The summed E-state index contributed by atoms with van der Waals surface area (Å²) in [6.45, 7) is 12.1. The van der Waals surface area contributed by atoms with Gasteiger partial charge in [0.1, 0.15) is 18.1 Å². The molecule has 0 spiro atoms. The Labute approximate surface area is 199 Å². The van der Waals surface area contributed by atoms with Crippen LogP contribution in [0.2, 0.25) is 0 Å². The van der Waals surface area contributed by atoms with Crippen molar-refractivity contribution >= 4 is 6.09 Å². The minimum absolute atomic E-state index is 0.315. The van der Waals surface area contributed by atoms with Gasteiger partial charge in [0, 0.05) is 57.3 Å². The zero-order valence-electron chi connectivity index (χ0n) is 20.5. The number of fused-ring (bicyclic) bond motifs is 1. The summed E-state index contributed by atoms with van der Waals surface area (Å²) in [6.07, 6.45) is 5.32. The number of rotatable bonds is 14. The van der Waals surface area contributed by atoms with Crippen molar-refractivity contribution in [2.45, 2.75) is 52.0 Å². The van der Waals surface area contributed by atoms with E-state index in [4.69, 9.17) is 9.15 Å². The van der Waals surface area contributed by atoms with Gasteiger partial charge in [0.2, 0.25) is 0 Å². The number of hydrogen-bond acceptors (Lipinski definition) is 6. The zero-order valence-corrected chi connectivity index (χ0v) is 20.5. The van der Waals surface area contributed by atoms with Gasteiger partial charge in [-0.1, -0.05) is 38.8 Å². The number of amides is 1. The van der Waals surface area contributed by atoms with Crippen LogP contribution in [0.5, 0.6) is 0 Å². The summed E-state index contributed by atoms with van der Waals surface area (Å²) in [5, 5.41) is 6.40. The van der Waals surface area contributed by atoms with E-state index in [2.05, 4.69) is 52.5 Å². The van der Waals surface area contributed by atoms with Crippen LogP contribution in [0.1, 0.15) is 45.3 Å². The van der Waals surface area contributed by atoms with E-state index in [1.165, 1.54) is 25.7 Å². The quantitative estimate of drug-likeness (QED) is 0.448. The second-order valence-electron chi connectivity index (χ2n) is 8.96. The number of nitrogens with zero attached hydrogens (tertiary/aromatic N) is 2. The van der Waals surface area contributed by atoms with E-state index in [9.17, 15) is 4.79 Å². The molecular weight excluding hydrogens is 416 g/mol. The van der Waals surface area contributed by atoms with Gasteiger partial charge in [-0.15, -0.1) is 0 Å². The Morgan fingerprint density at radius 1 is 1.18 bits per heavy atom. The normalized spacial score (nSPS) is 17.0. The Morgan fingerprint density at radius 2 is 2.00 bits per heavy atom. The van der Waals surface area contributed by atoms with Crippen LogP contribution in [0.4, 0.5) is 4.79 Å². The fourth-order valence-electron chi connectivity index (χ4n) is 4.37. The molecule has 1 amide bonds. The maximum absolute atomic E-state index is 12.2. The number of alkyl carbamates (subject to hydrolysis) is 1. The number of ether oxygens (including phenoxy) is 1. The van der Waals surface area contributed by atoms with Gasteiger partial charge in [-0.05, 0) is 44.1 Å². The number of unbranched alkanes of at least 4 members (excludes halogenated alkanes) is 2. The SMILES string of the molecule is CCCCN(CCCC)CCNC(=O)OCCN1CCNCC1Cc1ccc2cccc-2o1. The molecule has 1 atom stereocenters. The number of piperazine rings is 1. The number of hydrogen-bond donors (Lipinski definition) is 2. The highest BCUT2D eigenvalue weighted by molar-refractivity contribution is 5.67. The van der Waals surface area contributed by atoms with Crippen molar-refractivity contribution in [3.05, 3.63) is 36.1 Å². The van der Waals surface area contributed by atoms with Crippen molar-refractivity contribution in [3.63, 3.8) is 0 Å². The number of carbonyl (C=O) groups excluding carboxylic acids is 1. The fraction of sp³-hybridized carbons (Fsp3) is 0.654. The Kier molecular flexibility index (Phi) is 11.0. The first-order valence-electron chi connectivity index (χ1n) is 12.7. The number of nitrogens with one attached hydrogen (secondary N) is 2. The monoisotopic (exact) mass is 458 g/mol. The molecule has 2 aliphatic heterocycles. The highest BCUT2D eigenvalue weighted by Gasteiger charge is 2.23. The van der Waals surface area contributed by atoms with Gasteiger partial charge < -0.3 is 24.7 Å². The second kappa shape index (κ2) is 14.2. The Hall–Kier alpha value is -2.09. The summed E-state index contributed by atoms with van der Waals surface area (Å²) >= 11 is 0. The molecule has 3 rings (SSSR count). The van der Waals surface area contributed by atoms with E-state index < -0.39 is 0 Å². The summed E-state index contributed by atoms with van der Waals surface area (Å²) in [6, 6.07) is 10.6. The Bertz CT molecular complexity index is 773. The molecule has 7 heteroatoms. The van der Waals surface area contributed by atoms with Gasteiger partial charge in [0.05, 0.1) is 0 Å². The summed E-state index contributed by atoms with van der Waals surface area (Å²) in [5.74, 6) is 1.92. The molecule has 2 heterocycles. The molecule has 1 unspecified atom stereocenters. The van der Waals surface area contributed by atoms with E-state index in [1.54, 1.807) is 0 Å². The van der Waals surface area contributed by atoms with Crippen molar-refractivity contribution in [1.29, 1.82) is 0 Å². The van der Waals surface area contributed by atoms with Crippen LogP contribution in [0.15, 0.2) is 34.7 Å². The molecule has 1 fully saturated rings. The second-order valence-corrected chi connectivity index (χ2v) is 8.96. The largest absolute Gasteiger partial charge is 0.461 e. The van der Waals surface area contributed by atoms with Crippen LogP contribution >= 0.6 is 0 Å². The van der Waals surface area contributed by atoms with Crippen molar-refractivity contribution in [3.8, 4) is 11.3 Å². The van der Waals surface area contributed by atoms with Gasteiger partial charge in [-0.25, -0.2) is 4.79 Å². The van der Waals surface area contributed by atoms with Crippen molar-refractivity contribution in [1.82, 2.24) is 20.4 Å². The first kappa shape index (κ1) is 25.5. The maximum Gasteiger partial charge on any atom is 0.407 e. The Morgan fingerprint density at radius 3 is 2.79 bits per heavy atom. The first-order chi connectivity index (χ1) is 16.2. The first-order valence-corrected chi connectivity index (χ1v) is 12.7. The topological polar surface area (TPSA) is 70.0 Å². The molecule has 0 bridgehead atoms. The molecular formula is C26H42N4O3. The maximum atomic E-state index is 12.2. The molecule has 7 nitrogen and oxygen atoms in total. The summed E-state index contributed by atoms with van der Waals surface area (Å²) < 4.78 is 11.5. The predicted octanol–water partition coefficient (Wildman–Crippen LogP) is 3.83. The molecule has 0 saturated carbocycles. The molecule has 0 radical (unpaired) electrons. The smallest absolute Gasteiger partial charge is 0.407 e. The molecule has 1 aliphatic carbocycles. The predicted molar refractivity (Wildman–Crippen MR) is 133 cm³/mol. The molecule has 33 heavy (non-hydrogen) atoms. The van der Waals surface area contributed by atoms with E-state index >= 15 is 0 Å². The number of carbonyl (C=O) groups is 1. The van der Waals surface area contributed by atoms with Gasteiger partial charge >= 0.3 is 6.09 Å². The van der Waals surface area contributed by atoms with Crippen LogP contribution in [0, 0.1) is 0 Å². The Balaban J connectivity index is 1.37. The van der Waals surface area contributed by atoms with Crippen molar-refractivity contribution < 1.29 is 13.9 Å². The van der Waals surface area contributed by atoms with Crippen LogP contribution in [-0.4, -0.2) is 80.9 Å². The third kappa shape index (κ3) is 8.65. The highest BCUT2D eigenvalue weighted by atomic mass is 16.5. The fourth-order valence-corrected chi connectivity index (χ4v) is 4.37. The zero-order chi connectivity index (χ0) is 23.3. The minimum Gasteiger partial charge on any atom is -0.461 e. The lowest BCUT2D eigenvalue weighted by atomic mass is 10.1. The molecule has 0 aromatic rings. The van der Waals surface area contributed by atoms with Gasteiger partial charge in [-0.3, -0.25) is 4.90 Å². The molecule has 1 saturated heterocycles.